The van der Waals surface area contributed by atoms with Gasteiger partial charge in [0.15, 0.2) is 0 Å². The number of non-ortho nitro benzene ring substituents is 1. The van der Waals surface area contributed by atoms with E-state index in [9.17, 15) is 14.9 Å². The molecule has 0 saturated carbocycles. The van der Waals surface area contributed by atoms with E-state index in [0.717, 1.165) is 24.8 Å². The molecule has 0 spiro atoms. The van der Waals surface area contributed by atoms with Gasteiger partial charge in [0, 0.05) is 17.9 Å². The number of fused-ring (bicyclic) bond motifs is 1. The van der Waals surface area contributed by atoms with Crippen molar-refractivity contribution in [3.05, 3.63) is 74.8 Å². The van der Waals surface area contributed by atoms with Crippen LogP contribution in [0, 0.1) is 10.1 Å². The molecule has 6 heteroatoms. The molecule has 5 nitrogen and oxygen atoms in total. The van der Waals surface area contributed by atoms with Gasteiger partial charge in [0.2, 0.25) is 5.91 Å². The first kappa shape index (κ1) is 20.4. The molecule has 0 aromatic heterocycles. The maximum absolute atomic E-state index is 12.4. The SMILES string of the molecule is CC[C@@H](NC(=O)CSCc1ccc([N+](=O)[O-])cc1)c1ccc2c(c1)CCCC2. The van der Waals surface area contributed by atoms with Gasteiger partial charge in [0.05, 0.1) is 16.7 Å². The molecule has 0 unspecified atom stereocenters. The van der Waals surface area contributed by atoms with Crippen molar-refractivity contribution in [3.63, 3.8) is 0 Å². The molecule has 148 valence electrons. The fourth-order valence-corrected chi connectivity index (χ4v) is 4.40. The normalized spacial score (nSPS) is 14.2. The number of carbonyl (C=O) groups is 1. The van der Waals surface area contributed by atoms with Crippen molar-refractivity contribution >= 4 is 23.4 Å². The fraction of sp³-hybridized carbons (Fsp3) is 0.409. The maximum Gasteiger partial charge on any atom is 0.269 e. The van der Waals surface area contributed by atoms with Crippen molar-refractivity contribution in [2.75, 3.05) is 5.75 Å². The number of nitro benzene ring substituents is 1. The predicted octanol–water partition coefficient (Wildman–Crippen LogP) is 4.97. The highest BCUT2D eigenvalue weighted by Gasteiger charge is 2.16. The summed E-state index contributed by atoms with van der Waals surface area (Å²) in [4.78, 5) is 22.7. The number of nitrogens with zero attached hydrogens (tertiary/aromatic N) is 1. The Morgan fingerprint density at radius 2 is 1.86 bits per heavy atom. The zero-order chi connectivity index (χ0) is 19.9. The second kappa shape index (κ2) is 9.73. The van der Waals surface area contributed by atoms with E-state index in [1.165, 1.54) is 53.4 Å². The van der Waals surface area contributed by atoms with Crippen LogP contribution in [-0.4, -0.2) is 16.6 Å². The number of nitrogens with one attached hydrogen (secondary N) is 1. The van der Waals surface area contributed by atoms with E-state index in [-0.39, 0.29) is 17.6 Å². The summed E-state index contributed by atoms with van der Waals surface area (Å²) >= 11 is 1.52. The van der Waals surface area contributed by atoms with E-state index < -0.39 is 4.92 Å². The molecule has 0 bridgehead atoms. The molecule has 1 amide bonds. The van der Waals surface area contributed by atoms with Gasteiger partial charge in [-0.15, -0.1) is 11.8 Å². The number of hydrogen-bond donors (Lipinski definition) is 1. The van der Waals surface area contributed by atoms with Gasteiger partial charge >= 0.3 is 0 Å². The Morgan fingerprint density at radius 3 is 2.54 bits per heavy atom. The van der Waals surface area contributed by atoms with E-state index >= 15 is 0 Å². The lowest BCUT2D eigenvalue weighted by Gasteiger charge is -2.21. The van der Waals surface area contributed by atoms with Gasteiger partial charge in [-0.2, -0.15) is 0 Å². The average Bonchev–Trinajstić information content (AvgIpc) is 2.72. The average molecular weight is 399 g/mol. The van der Waals surface area contributed by atoms with Crippen LogP contribution in [0.3, 0.4) is 0 Å². The van der Waals surface area contributed by atoms with Gasteiger partial charge in [0.25, 0.3) is 5.69 Å². The van der Waals surface area contributed by atoms with Crippen molar-refractivity contribution in [2.24, 2.45) is 0 Å². The highest BCUT2D eigenvalue weighted by molar-refractivity contribution is 7.99. The molecule has 2 aromatic carbocycles. The minimum atomic E-state index is -0.407. The van der Waals surface area contributed by atoms with E-state index in [2.05, 4.69) is 30.4 Å². The highest BCUT2D eigenvalue weighted by Crippen LogP contribution is 2.26. The monoisotopic (exact) mass is 398 g/mol. The summed E-state index contributed by atoms with van der Waals surface area (Å²) in [6, 6.07) is 13.2. The lowest BCUT2D eigenvalue weighted by Crippen LogP contribution is -2.29. The number of aryl methyl sites for hydroxylation is 2. The van der Waals surface area contributed by atoms with Crippen LogP contribution in [0.1, 0.15) is 54.5 Å². The molecule has 0 saturated heterocycles. The second-order valence-corrected chi connectivity index (χ2v) is 8.17. The minimum Gasteiger partial charge on any atom is -0.349 e. The van der Waals surface area contributed by atoms with Gasteiger partial charge in [-0.25, -0.2) is 0 Å². The Morgan fingerprint density at radius 1 is 1.14 bits per heavy atom. The Bertz CT molecular complexity index is 836. The molecule has 0 aliphatic heterocycles. The third-order valence-corrected chi connectivity index (χ3v) is 6.17. The molecule has 1 N–H and O–H groups in total. The first-order valence-electron chi connectivity index (χ1n) is 9.79. The van der Waals surface area contributed by atoms with E-state index in [1.54, 1.807) is 12.1 Å². The topological polar surface area (TPSA) is 72.2 Å². The van der Waals surface area contributed by atoms with Crippen LogP contribution in [0.4, 0.5) is 5.69 Å². The van der Waals surface area contributed by atoms with Gasteiger partial charge in [0.1, 0.15) is 0 Å². The predicted molar refractivity (Wildman–Crippen MR) is 114 cm³/mol. The molecule has 0 heterocycles. The molecule has 1 atom stereocenters. The van der Waals surface area contributed by atoms with Crippen LogP contribution < -0.4 is 5.32 Å². The molecular weight excluding hydrogens is 372 g/mol. The zero-order valence-electron chi connectivity index (χ0n) is 16.1. The third kappa shape index (κ3) is 5.35. The number of nitro groups is 1. The molecular formula is C22H26N2O3S. The molecule has 1 aliphatic carbocycles. The van der Waals surface area contributed by atoms with E-state index in [1.807, 2.05) is 0 Å². The van der Waals surface area contributed by atoms with Crippen molar-refractivity contribution < 1.29 is 9.72 Å². The molecule has 1 aliphatic rings. The van der Waals surface area contributed by atoms with E-state index in [4.69, 9.17) is 0 Å². The summed E-state index contributed by atoms with van der Waals surface area (Å²) in [5, 5.41) is 13.8. The molecule has 0 fully saturated rings. The number of rotatable bonds is 8. The van der Waals surface area contributed by atoms with Crippen LogP contribution in [-0.2, 0) is 23.4 Å². The summed E-state index contributed by atoms with van der Waals surface area (Å²) in [6.07, 6.45) is 5.68. The fourth-order valence-electron chi connectivity index (χ4n) is 3.60. The molecule has 0 radical (unpaired) electrons. The van der Waals surface area contributed by atoms with Crippen LogP contribution in [0.15, 0.2) is 42.5 Å². The zero-order valence-corrected chi connectivity index (χ0v) is 17.0. The minimum absolute atomic E-state index is 0.0245. The Balaban J connectivity index is 1.50. The number of thioether (sulfide) groups is 1. The van der Waals surface area contributed by atoms with Crippen molar-refractivity contribution in [3.8, 4) is 0 Å². The van der Waals surface area contributed by atoms with Gasteiger partial charge in [-0.3, -0.25) is 14.9 Å². The number of amides is 1. The van der Waals surface area contributed by atoms with Crippen molar-refractivity contribution in [2.45, 2.75) is 50.8 Å². The third-order valence-electron chi connectivity index (χ3n) is 5.17. The Hall–Kier alpha value is -2.34. The summed E-state index contributed by atoms with van der Waals surface area (Å²) < 4.78 is 0. The number of carbonyl (C=O) groups excluding carboxylic acids is 1. The van der Waals surface area contributed by atoms with E-state index in [0.29, 0.717) is 11.5 Å². The Kier molecular flexibility index (Phi) is 7.09. The first-order valence-corrected chi connectivity index (χ1v) is 10.9. The van der Waals surface area contributed by atoms with Crippen LogP contribution in [0.2, 0.25) is 0 Å². The highest BCUT2D eigenvalue weighted by atomic mass is 32.2. The summed E-state index contributed by atoms with van der Waals surface area (Å²) in [5.41, 5.74) is 5.14. The van der Waals surface area contributed by atoms with Crippen LogP contribution in [0.5, 0.6) is 0 Å². The van der Waals surface area contributed by atoms with Crippen LogP contribution in [0.25, 0.3) is 0 Å². The summed E-state index contributed by atoms with van der Waals surface area (Å²) in [5.74, 6) is 1.05. The standard InChI is InChI=1S/C22H26N2O3S/c1-2-21(19-10-9-17-5-3-4-6-18(17)13-19)23-22(25)15-28-14-16-7-11-20(12-8-16)24(26)27/h7-13,21H,2-6,14-15H2,1H3,(H,23,25)/t21-/m1/s1. The van der Waals surface area contributed by atoms with Gasteiger partial charge in [-0.1, -0.05) is 37.3 Å². The smallest absolute Gasteiger partial charge is 0.269 e. The second-order valence-electron chi connectivity index (χ2n) is 7.18. The number of benzene rings is 2. The van der Waals surface area contributed by atoms with Crippen molar-refractivity contribution in [1.82, 2.24) is 5.32 Å². The molecule has 28 heavy (non-hydrogen) atoms. The Labute approximate surface area is 170 Å². The lowest BCUT2D eigenvalue weighted by atomic mass is 9.89. The number of hydrogen-bond acceptors (Lipinski definition) is 4. The van der Waals surface area contributed by atoms with Crippen molar-refractivity contribution in [1.29, 1.82) is 0 Å². The van der Waals surface area contributed by atoms with Crippen LogP contribution >= 0.6 is 11.8 Å². The molecule has 3 rings (SSSR count). The summed E-state index contributed by atoms with van der Waals surface area (Å²) in [7, 11) is 0. The molecule has 2 aromatic rings. The van der Waals surface area contributed by atoms with Gasteiger partial charge in [-0.05, 0) is 54.4 Å². The quantitative estimate of drug-likeness (QED) is 0.503. The maximum atomic E-state index is 12.4. The lowest BCUT2D eigenvalue weighted by molar-refractivity contribution is -0.384. The van der Waals surface area contributed by atoms with Gasteiger partial charge < -0.3 is 5.32 Å². The largest absolute Gasteiger partial charge is 0.349 e. The first-order chi connectivity index (χ1) is 13.6. The summed E-state index contributed by atoms with van der Waals surface area (Å²) in [6.45, 7) is 2.09.